The average molecular weight is 431 g/mol. The summed E-state index contributed by atoms with van der Waals surface area (Å²) in [6, 6.07) is 25.5. The van der Waals surface area contributed by atoms with Gasteiger partial charge in [0.25, 0.3) is 0 Å². The van der Waals surface area contributed by atoms with E-state index in [4.69, 9.17) is 9.47 Å². The molecule has 0 bridgehead atoms. The molecule has 0 saturated carbocycles. The topological polar surface area (TPSA) is 64.6 Å². The predicted molar refractivity (Wildman–Crippen MR) is 117 cm³/mol. The molecule has 0 amide bonds. The summed E-state index contributed by atoms with van der Waals surface area (Å²) in [7, 11) is -2.24. The summed E-state index contributed by atoms with van der Waals surface area (Å²) in [5.74, 6) is 0.768. The van der Waals surface area contributed by atoms with Gasteiger partial charge in [-0.2, -0.15) is 0 Å². The molecule has 0 aromatic heterocycles. The Morgan fingerprint density at radius 2 is 1.45 bits per heavy atom. The molecule has 3 rings (SSSR count). The highest BCUT2D eigenvalue weighted by atomic mass is 32.2. The lowest BCUT2D eigenvalue weighted by atomic mass is 10.3. The number of benzene rings is 3. The maximum Gasteiger partial charge on any atom is 0.229 e. The molecule has 152 valence electrons. The van der Waals surface area contributed by atoms with E-state index in [1.54, 1.807) is 13.2 Å². The van der Waals surface area contributed by atoms with Gasteiger partial charge < -0.3 is 9.47 Å². The van der Waals surface area contributed by atoms with Crippen molar-refractivity contribution in [1.82, 2.24) is 0 Å². The number of rotatable bonds is 9. The SMILES string of the molecule is COCCOc1ccc([S+](c2ccccc2)c2ccccc2NS(C)(=O)=O)cc1. The second-order valence-electron chi connectivity index (χ2n) is 6.30. The lowest BCUT2D eigenvalue weighted by molar-refractivity contribution is 0.146. The average Bonchev–Trinajstić information content (AvgIpc) is 2.71. The zero-order chi connectivity index (χ0) is 20.7. The first-order valence-electron chi connectivity index (χ1n) is 9.06. The zero-order valence-electron chi connectivity index (χ0n) is 16.4. The molecule has 1 atom stereocenters. The van der Waals surface area contributed by atoms with Crippen LogP contribution in [0.3, 0.4) is 0 Å². The maximum atomic E-state index is 11.9. The van der Waals surface area contributed by atoms with Gasteiger partial charge in [-0.05, 0) is 48.5 Å². The minimum Gasteiger partial charge on any atom is -0.491 e. The smallest absolute Gasteiger partial charge is 0.229 e. The second kappa shape index (κ2) is 9.82. The van der Waals surface area contributed by atoms with Crippen LogP contribution in [-0.4, -0.2) is 35.0 Å². The minimum atomic E-state index is -3.39. The lowest BCUT2D eigenvalue weighted by Crippen LogP contribution is -2.14. The van der Waals surface area contributed by atoms with Crippen molar-refractivity contribution >= 4 is 26.6 Å². The first-order valence-corrected chi connectivity index (χ1v) is 12.2. The van der Waals surface area contributed by atoms with E-state index in [1.807, 2.05) is 60.7 Å². The van der Waals surface area contributed by atoms with E-state index < -0.39 is 20.9 Å². The van der Waals surface area contributed by atoms with Crippen LogP contribution in [-0.2, 0) is 25.7 Å². The van der Waals surface area contributed by atoms with Crippen LogP contribution in [0, 0.1) is 0 Å². The quantitative estimate of drug-likeness (QED) is 0.409. The molecular formula is C22H24NO4S2+. The standard InChI is InChI=1S/C22H24NO4S2/c1-26-16-17-27-18-12-14-20(15-13-18)28(19-8-4-3-5-9-19)22-11-7-6-10-21(22)23-29(2,24)25/h3-15,23H,16-17H2,1-2H3/q+1. The van der Waals surface area contributed by atoms with Gasteiger partial charge in [-0.1, -0.05) is 30.3 Å². The second-order valence-corrected chi connectivity index (χ2v) is 10.0. The largest absolute Gasteiger partial charge is 0.491 e. The van der Waals surface area contributed by atoms with Crippen LogP contribution in [0.15, 0.2) is 93.5 Å². The van der Waals surface area contributed by atoms with Crippen LogP contribution < -0.4 is 9.46 Å². The maximum absolute atomic E-state index is 11.9. The van der Waals surface area contributed by atoms with Crippen molar-refractivity contribution in [3.8, 4) is 5.75 Å². The van der Waals surface area contributed by atoms with Gasteiger partial charge in [0.1, 0.15) is 28.9 Å². The van der Waals surface area contributed by atoms with Gasteiger partial charge in [-0.15, -0.1) is 0 Å². The van der Waals surface area contributed by atoms with Crippen molar-refractivity contribution in [3.05, 3.63) is 78.9 Å². The van der Waals surface area contributed by atoms with Crippen LogP contribution in [0.2, 0.25) is 0 Å². The number of hydrogen-bond acceptors (Lipinski definition) is 4. The van der Waals surface area contributed by atoms with Crippen molar-refractivity contribution in [2.24, 2.45) is 0 Å². The number of methoxy groups -OCH3 is 1. The molecule has 0 radical (unpaired) electrons. The Hall–Kier alpha value is -2.48. The normalized spacial score (nSPS) is 12.3. The third kappa shape index (κ3) is 6.00. The molecule has 7 heteroatoms. The van der Waals surface area contributed by atoms with E-state index in [2.05, 4.69) is 16.9 Å². The van der Waals surface area contributed by atoms with E-state index in [0.29, 0.717) is 18.9 Å². The first kappa shape index (κ1) is 21.2. The molecule has 0 fully saturated rings. The van der Waals surface area contributed by atoms with Gasteiger partial charge in [0, 0.05) is 7.11 Å². The van der Waals surface area contributed by atoms with Crippen LogP contribution in [0.4, 0.5) is 5.69 Å². The number of ether oxygens (including phenoxy) is 2. The van der Waals surface area contributed by atoms with E-state index in [0.717, 1.165) is 26.7 Å². The van der Waals surface area contributed by atoms with Crippen LogP contribution >= 0.6 is 0 Å². The highest BCUT2D eigenvalue weighted by Crippen LogP contribution is 2.36. The van der Waals surface area contributed by atoms with Crippen LogP contribution in [0.1, 0.15) is 0 Å². The van der Waals surface area contributed by atoms with Gasteiger partial charge in [0.15, 0.2) is 14.7 Å². The summed E-state index contributed by atoms with van der Waals surface area (Å²) in [6.45, 7) is 1.02. The number of nitrogens with one attached hydrogen (secondary N) is 1. The minimum absolute atomic E-state index is 0.484. The number of anilines is 1. The molecule has 1 unspecified atom stereocenters. The summed E-state index contributed by atoms with van der Waals surface area (Å²) in [5.41, 5.74) is 0.586. The van der Waals surface area contributed by atoms with E-state index in [-0.39, 0.29) is 0 Å². The molecule has 3 aromatic carbocycles. The van der Waals surface area contributed by atoms with Crippen molar-refractivity contribution in [2.75, 3.05) is 31.3 Å². The summed E-state index contributed by atoms with van der Waals surface area (Å²) in [4.78, 5) is 3.08. The van der Waals surface area contributed by atoms with Crippen LogP contribution in [0.25, 0.3) is 0 Å². The Kier molecular flexibility index (Phi) is 7.19. The van der Waals surface area contributed by atoms with Crippen molar-refractivity contribution in [3.63, 3.8) is 0 Å². The molecule has 5 nitrogen and oxygen atoms in total. The number of hydrogen-bond donors (Lipinski definition) is 1. The van der Waals surface area contributed by atoms with Crippen molar-refractivity contribution in [2.45, 2.75) is 14.7 Å². The fourth-order valence-electron chi connectivity index (χ4n) is 2.79. The molecule has 1 N–H and O–H groups in total. The third-order valence-electron chi connectivity index (χ3n) is 4.00. The highest BCUT2D eigenvalue weighted by molar-refractivity contribution is 7.97. The monoisotopic (exact) mass is 430 g/mol. The molecule has 0 aliphatic heterocycles. The molecular weight excluding hydrogens is 406 g/mol. The first-order chi connectivity index (χ1) is 14.0. The highest BCUT2D eigenvalue weighted by Gasteiger charge is 2.31. The van der Waals surface area contributed by atoms with Gasteiger partial charge in [-0.3, -0.25) is 4.72 Å². The summed E-state index contributed by atoms with van der Waals surface area (Å²) in [5, 5.41) is 0. The summed E-state index contributed by atoms with van der Waals surface area (Å²) in [6.07, 6.45) is 1.16. The fourth-order valence-corrected chi connectivity index (χ4v) is 5.60. The molecule has 0 saturated heterocycles. The van der Waals surface area contributed by atoms with E-state index in [1.165, 1.54) is 0 Å². The molecule has 0 heterocycles. The van der Waals surface area contributed by atoms with Gasteiger partial charge in [-0.25, -0.2) is 8.42 Å². The Morgan fingerprint density at radius 1 is 0.828 bits per heavy atom. The molecule has 0 aliphatic rings. The lowest BCUT2D eigenvalue weighted by Gasteiger charge is -2.13. The number of para-hydroxylation sites is 1. The summed E-state index contributed by atoms with van der Waals surface area (Å²) >= 11 is 0. The summed E-state index contributed by atoms with van der Waals surface area (Å²) < 4.78 is 37.1. The third-order valence-corrected chi connectivity index (χ3v) is 6.87. The Balaban J connectivity index is 2.02. The van der Waals surface area contributed by atoms with Gasteiger partial charge in [0.2, 0.25) is 10.0 Å². The fraction of sp³-hybridized carbons (Fsp3) is 0.182. The van der Waals surface area contributed by atoms with Crippen molar-refractivity contribution in [1.29, 1.82) is 0 Å². The van der Waals surface area contributed by atoms with Crippen molar-refractivity contribution < 1.29 is 17.9 Å². The van der Waals surface area contributed by atoms with E-state index >= 15 is 0 Å². The predicted octanol–water partition coefficient (Wildman–Crippen LogP) is 4.18. The number of sulfonamides is 1. The Morgan fingerprint density at radius 3 is 2.10 bits per heavy atom. The Labute approximate surface area is 175 Å². The van der Waals surface area contributed by atoms with Gasteiger partial charge >= 0.3 is 0 Å². The van der Waals surface area contributed by atoms with Crippen LogP contribution in [0.5, 0.6) is 5.75 Å². The molecule has 0 aliphatic carbocycles. The molecule has 0 spiro atoms. The van der Waals surface area contributed by atoms with Gasteiger partial charge in [0.05, 0.1) is 12.9 Å². The Bertz CT molecular complexity index is 1020. The zero-order valence-corrected chi connectivity index (χ0v) is 18.0. The van der Waals surface area contributed by atoms with E-state index in [9.17, 15) is 8.42 Å². The molecule has 3 aromatic rings. The molecule has 29 heavy (non-hydrogen) atoms.